The lowest BCUT2D eigenvalue weighted by atomic mass is 10.1. The monoisotopic (exact) mass is 405 g/mol. The molecule has 0 radical (unpaired) electrons. The number of anilines is 1. The Morgan fingerprint density at radius 1 is 1.00 bits per heavy atom. The van der Waals surface area contributed by atoms with Crippen molar-refractivity contribution in [1.29, 1.82) is 0 Å². The molecular formula is C23H23N3O2S. The number of nitrogens with one attached hydrogen (secondary N) is 2. The highest BCUT2D eigenvalue weighted by atomic mass is 32.2. The molecule has 4 rings (SSSR count). The molecule has 1 saturated carbocycles. The van der Waals surface area contributed by atoms with Crippen LogP contribution in [-0.2, 0) is 4.79 Å². The summed E-state index contributed by atoms with van der Waals surface area (Å²) in [5.74, 6) is -0.00959. The Kier molecular flexibility index (Phi) is 6.10. The number of fused-ring (bicyclic) bond motifs is 1. The number of rotatable bonds is 6. The van der Waals surface area contributed by atoms with Crippen molar-refractivity contribution in [2.45, 2.75) is 36.6 Å². The number of nitrogens with zero attached hydrogens (tertiary/aromatic N) is 1. The van der Waals surface area contributed by atoms with Gasteiger partial charge in [0.2, 0.25) is 5.91 Å². The van der Waals surface area contributed by atoms with Crippen LogP contribution in [0.2, 0.25) is 0 Å². The molecule has 1 heterocycles. The van der Waals surface area contributed by atoms with Gasteiger partial charge in [-0.15, -0.1) is 11.8 Å². The van der Waals surface area contributed by atoms with Gasteiger partial charge in [-0.3, -0.25) is 14.6 Å². The van der Waals surface area contributed by atoms with Crippen LogP contribution in [-0.4, -0.2) is 28.6 Å². The van der Waals surface area contributed by atoms with E-state index in [2.05, 4.69) is 15.6 Å². The summed E-state index contributed by atoms with van der Waals surface area (Å²) in [6, 6.07) is 17.2. The standard InChI is InChI=1S/C23H23N3O2S/c27-22(15-29-21-13-14-24-19-11-5-3-9-17(19)21)26-20-12-6-4-10-18(20)23(28)25-16-7-1-2-8-16/h3-6,9-14,16H,1-2,7-8,15H2,(H,25,28)(H,26,27). The summed E-state index contributed by atoms with van der Waals surface area (Å²) in [6.45, 7) is 0. The Morgan fingerprint density at radius 2 is 1.76 bits per heavy atom. The van der Waals surface area contributed by atoms with Crippen molar-refractivity contribution in [3.8, 4) is 0 Å². The number of hydrogen-bond donors (Lipinski definition) is 2. The molecule has 0 atom stereocenters. The van der Waals surface area contributed by atoms with Gasteiger partial charge in [-0.1, -0.05) is 43.2 Å². The zero-order chi connectivity index (χ0) is 20.1. The number of thioether (sulfide) groups is 1. The number of aromatic nitrogens is 1. The van der Waals surface area contributed by atoms with Crippen LogP contribution in [0.3, 0.4) is 0 Å². The van der Waals surface area contributed by atoms with Gasteiger partial charge in [0, 0.05) is 22.5 Å². The van der Waals surface area contributed by atoms with Crippen LogP contribution in [0.1, 0.15) is 36.0 Å². The average molecular weight is 406 g/mol. The Bertz CT molecular complexity index is 1030. The fraction of sp³-hybridized carbons (Fsp3) is 0.261. The molecule has 0 saturated heterocycles. The van der Waals surface area contributed by atoms with E-state index in [0.29, 0.717) is 11.3 Å². The molecule has 1 aliphatic rings. The third-order valence-corrected chi connectivity index (χ3v) is 6.18. The van der Waals surface area contributed by atoms with Crippen molar-refractivity contribution >= 4 is 40.2 Å². The first-order chi connectivity index (χ1) is 14.2. The highest BCUT2D eigenvalue weighted by Gasteiger charge is 2.20. The van der Waals surface area contributed by atoms with Crippen LogP contribution in [0, 0.1) is 0 Å². The van der Waals surface area contributed by atoms with Gasteiger partial charge in [0.1, 0.15) is 0 Å². The first kappa shape index (κ1) is 19.5. The summed E-state index contributed by atoms with van der Waals surface area (Å²) in [5, 5.41) is 7.01. The summed E-state index contributed by atoms with van der Waals surface area (Å²) in [4.78, 5) is 30.6. The number of carbonyl (C=O) groups excluding carboxylic acids is 2. The molecule has 3 aromatic rings. The number of benzene rings is 2. The number of para-hydroxylation sites is 2. The summed E-state index contributed by atoms with van der Waals surface area (Å²) in [5.41, 5.74) is 1.96. The fourth-order valence-electron chi connectivity index (χ4n) is 3.65. The van der Waals surface area contributed by atoms with E-state index in [4.69, 9.17) is 0 Å². The molecule has 0 bridgehead atoms. The second kappa shape index (κ2) is 9.09. The van der Waals surface area contributed by atoms with Crippen LogP contribution in [0.5, 0.6) is 0 Å². The van der Waals surface area contributed by atoms with Crippen molar-refractivity contribution in [2.24, 2.45) is 0 Å². The maximum Gasteiger partial charge on any atom is 0.253 e. The summed E-state index contributed by atoms with van der Waals surface area (Å²) in [7, 11) is 0. The minimum Gasteiger partial charge on any atom is -0.349 e. The Labute approximate surface area is 174 Å². The second-order valence-corrected chi connectivity index (χ2v) is 8.18. The third-order valence-electron chi connectivity index (χ3n) is 5.10. The molecule has 1 fully saturated rings. The minimum atomic E-state index is -0.142. The summed E-state index contributed by atoms with van der Waals surface area (Å²) < 4.78 is 0. The second-order valence-electron chi connectivity index (χ2n) is 7.16. The Morgan fingerprint density at radius 3 is 2.62 bits per heavy atom. The third kappa shape index (κ3) is 4.77. The molecule has 5 nitrogen and oxygen atoms in total. The molecule has 1 aliphatic carbocycles. The van der Waals surface area contributed by atoms with Crippen LogP contribution in [0.25, 0.3) is 10.9 Å². The normalized spacial score (nSPS) is 14.1. The number of carbonyl (C=O) groups is 2. The lowest BCUT2D eigenvalue weighted by Crippen LogP contribution is -2.33. The van der Waals surface area contributed by atoms with E-state index >= 15 is 0 Å². The largest absolute Gasteiger partial charge is 0.349 e. The smallest absolute Gasteiger partial charge is 0.253 e. The van der Waals surface area contributed by atoms with Crippen LogP contribution in [0.15, 0.2) is 65.7 Å². The molecule has 0 aliphatic heterocycles. The molecule has 148 valence electrons. The van der Waals surface area contributed by atoms with Gasteiger partial charge in [-0.2, -0.15) is 0 Å². The van der Waals surface area contributed by atoms with E-state index in [1.54, 1.807) is 18.3 Å². The number of hydrogen-bond acceptors (Lipinski definition) is 4. The molecule has 0 unspecified atom stereocenters. The predicted molar refractivity (Wildman–Crippen MR) is 117 cm³/mol. The van der Waals surface area contributed by atoms with Crippen molar-refractivity contribution in [1.82, 2.24) is 10.3 Å². The molecule has 2 N–H and O–H groups in total. The van der Waals surface area contributed by atoms with Gasteiger partial charge in [-0.25, -0.2) is 0 Å². The van der Waals surface area contributed by atoms with Gasteiger partial charge >= 0.3 is 0 Å². The molecule has 2 aromatic carbocycles. The van der Waals surface area contributed by atoms with E-state index in [1.807, 2.05) is 42.5 Å². The first-order valence-corrected chi connectivity index (χ1v) is 10.9. The van der Waals surface area contributed by atoms with Gasteiger partial charge in [0.05, 0.1) is 22.5 Å². The van der Waals surface area contributed by atoms with E-state index < -0.39 is 0 Å². The minimum absolute atomic E-state index is 0.124. The van der Waals surface area contributed by atoms with Crippen molar-refractivity contribution < 1.29 is 9.59 Å². The zero-order valence-electron chi connectivity index (χ0n) is 16.1. The first-order valence-electron chi connectivity index (χ1n) is 9.87. The zero-order valence-corrected chi connectivity index (χ0v) is 16.9. The lowest BCUT2D eigenvalue weighted by molar-refractivity contribution is -0.113. The van der Waals surface area contributed by atoms with E-state index in [1.165, 1.54) is 11.8 Å². The molecule has 2 amide bonds. The number of pyridine rings is 1. The SMILES string of the molecule is O=C(CSc1ccnc2ccccc12)Nc1ccccc1C(=O)NC1CCCC1. The van der Waals surface area contributed by atoms with E-state index in [9.17, 15) is 9.59 Å². The van der Waals surface area contributed by atoms with Crippen LogP contribution >= 0.6 is 11.8 Å². The molecule has 1 aromatic heterocycles. The summed E-state index contributed by atoms with van der Waals surface area (Å²) >= 11 is 1.47. The van der Waals surface area contributed by atoms with Crippen LogP contribution < -0.4 is 10.6 Å². The highest BCUT2D eigenvalue weighted by molar-refractivity contribution is 8.00. The molecule has 29 heavy (non-hydrogen) atoms. The quantitative estimate of drug-likeness (QED) is 0.586. The lowest BCUT2D eigenvalue weighted by Gasteiger charge is -2.15. The van der Waals surface area contributed by atoms with Gasteiger partial charge in [0.25, 0.3) is 5.91 Å². The van der Waals surface area contributed by atoms with Gasteiger partial charge in [0.15, 0.2) is 0 Å². The summed E-state index contributed by atoms with van der Waals surface area (Å²) in [6.07, 6.45) is 6.12. The Balaban J connectivity index is 1.41. The average Bonchev–Trinajstić information content (AvgIpc) is 3.25. The van der Waals surface area contributed by atoms with Crippen molar-refractivity contribution in [3.63, 3.8) is 0 Å². The predicted octanol–water partition coefficient (Wildman–Crippen LogP) is 4.64. The maximum absolute atomic E-state index is 12.7. The number of amides is 2. The van der Waals surface area contributed by atoms with E-state index in [-0.39, 0.29) is 23.6 Å². The van der Waals surface area contributed by atoms with Gasteiger partial charge in [-0.05, 0) is 37.1 Å². The van der Waals surface area contributed by atoms with Gasteiger partial charge < -0.3 is 10.6 Å². The molecule has 6 heteroatoms. The Hall–Kier alpha value is -2.86. The van der Waals surface area contributed by atoms with Crippen molar-refractivity contribution in [3.05, 3.63) is 66.4 Å². The topological polar surface area (TPSA) is 71.1 Å². The molecule has 0 spiro atoms. The molecular weight excluding hydrogens is 382 g/mol. The van der Waals surface area contributed by atoms with Crippen molar-refractivity contribution in [2.75, 3.05) is 11.1 Å². The highest BCUT2D eigenvalue weighted by Crippen LogP contribution is 2.27. The maximum atomic E-state index is 12.7. The fourth-order valence-corrected chi connectivity index (χ4v) is 4.49. The van der Waals surface area contributed by atoms with Crippen LogP contribution in [0.4, 0.5) is 5.69 Å². The van der Waals surface area contributed by atoms with E-state index in [0.717, 1.165) is 41.5 Å².